The topological polar surface area (TPSA) is 46.2 Å². The summed E-state index contributed by atoms with van der Waals surface area (Å²) >= 11 is 9.34. The molecule has 19 heavy (non-hydrogen) atoms. The van der Waals surface area contributed by atoms with Crippen molar-refractivity contribution < 1.29 is 5.11 Å². The summed E-state index contributed by atoms with van der Waals surface area (Å²) in [6.45, 7) is 0.365. The van der Waals surface area contributed by atoms with Gasteiger partial charge in [-0.2, -0.15) is 0 Å². The number of benzene rings is 2. The standard InChI is InChI=1S/C15H15BrClNO/c16-14-4-2-1-3-12(14)15(19)13(9-18)10-5-7-11(17)8-6-10/h1-8,13,15,19H,9,18H2. The molecule has 0 saturated carbocycles. The molecule has 0 saturated heterocycles. The van der Waals surface area contributed by atoms with Gasteiger partial charge in [0.25, 0.3) is 0 Å². The van der Waals surface area contributed by atoms with Crippen LogP contribution in [0.4, 0.5) is 0 Å². The Bertz CT molecular complexity index is 544. The summed E-state index contributed by atoms with van der Waals surface area (Å²) in [6.07, 6.45) is -0.651. The molecule has 0 radical (unpaired) electrons. The third-order valence-corrected chi connectivity index (χ3v) is 4.13. The number of hydrogen-bond acceptors (Lipinski definition) is 2. The molecule has 0 amide bonds. The second kappa shape index (κ2) is 6.53. The van der Waals surface area contributed by atoms with Gasteiger partial charge in [-0.05, 0) is 29.3 Å². The normalized spacial score (nSPS) is 14.1. The van der Waals surface area contributed by atoms with E-state index in [9.17, 15) is 5.11 Å². The van der Waals surface area contributed by atoms with Gasteiger partial charge in [-0.15, -0.1) is 0 Å². The van der Waals surface area contributed by atoms with E-state index in [2.05, 4.69) is 15.9 Å². The Morgan fingerprint density at radius 2 is 1.74 bits per heavy atom. The largest absolute Gasteiger partial charge is 0.388 e. The molecule has 4 heteroatoms. The highest BCUT2D eigenvalue weighted by Gasteiger charge is 2.22. The van der Waals surface area contributed by atoms with Crippen molar-refractivity contribution in [3.8, 4) is 0 Å². The monoisotopic (exact) mass is 339 g/mol. The van der Waals surface area contributed by atoms with Gasteiger partial charge >= 0.3 is 0 Å². The van der Waals surface area contributed by atoms with Gasteiger partial charge in [-0.1, -0.05) is 57.9 Å². The summed E-state index contributed by atoms with van der Waals surface area (Å²) in [4.78, 5) is 0. The second-order valence-corrected chi connectivity index (χ2v) is 5.65. The molecule has 3 N–H and O–H groups in total. The minimum absolute atomic E-state index is 0.157. The summed E-state index contributed by atoms with van der Waals surface area (Å²) in [5.74, 6) is -0.157. The fourth-order valence-corrected chi connectivity index (χ4v) is 2.73. The van der Waals surface area contributed by atoms with Crippen molar-refractivity contribution in [3.05, 3.63) is 69.2 Å². The number of nitrogens with two attached hydrogens (primary N) is 1. The van der Waals surface area contributed by atoms with Crippen molar-refractivity contribution in [1.29, 1.82) is 0 Å². The Morgan fingerprint density at radius 3 is 2.32 bits per heavy atom. The minimum atomic E-state index is -0.651. The number of hydrogen-bond donors (Lipinski definition) is 2. The summed E-state index contributed by atoms with van der Waals surface area (Å²) in [7, 11) is 0. The zero-order valence-corrected chi connectivity index (χ0v) is 12.6. The molecule has 0 aliphatic rings. The van der Waals surface area contributed by atoms with Gasteiger partial charge in [0.1, 0.15) is 0 Å². The molecule has 0 heterocycles. The van der Waals surface area contributed by atoms with E-state index in [1.54, 1.807) is 0 Å². The van der Waals surface area contributed by atoms with Crippen molar-refractivity contribution in [2.24, 2.45) is 5.73 Å². The van der Waals surface area contributed by atoms with Crippen LogP contribution in [0.2, 0.25) is 5.02 Å². The molecule has 0 fully saturated rings. The fraction of sp³-hybridized carbons (Fsp3) is 0.200. The Labute approximate surface area is 126 Å². The predicted molar refractivity (Wildman–Crippen MR) is 82.3 cm³/mol. The molecule has 2 rings (SSSR count). The second-order valence-electron chi connectivity index (χ2n) is 4.36. The maximum Gasteiger partial charge on any atom is 0.0881 e. The maximum atomic E-state index is 10.5. The van der Waals surface area contributed by atoms with Crippen LogP contribution in [0.15, 0.2) is 53.0 Å². The number of halogens is 2. The van der Waals surface area contributed by atoms with Gasteiger partial charge in [0.15, 0.2) is 0 Å². The highest BCUT2D eigenvalue weighted by atomic mass is 79.9. The van der Waals surface area contributed by atoms with Crippen molar-refractivity contribution in [3.63, 3.8) is 0 Å². The molecule has 0 aromatic heterocycles. The molecule has 2 unspecified atom stereocenters. The fourth-order valence-electron chi connectivity index (χ4n) is 2.09. The van der Waals surface area contributed by atoms with Gasteiger partial charge in [0.05, 0.1) is 6.10 Å². The van der Waals surface area contributed by atoms with E-state index in [0.717, 1.165) is 15.6 Å². The van der Waals surface area contributed by atoms with Crippen molar-refractivity contribution in [1.82, 2.24) is 0 Å². The first-order valence-electron chi connectivity index (χ1n) is 6.01. The van der Waals surface area contributed by atoms with Crippen LogP contribution in [0, 0.1) is 0 Å². The molecular formula is C15H15BrClNO. The lowest BCUT2D eigenvalue weighted by Gasteiger charge is -2.23. The lowest BCUT2D eigenvalue weighted by Crippen LogP contribution is -2.20. The van der Waals surface area contributed by atoms with E-state index in [4.69, 9.17) is 17.3 Å². The summed E-state index contributed by atoms with van der Waals surface area (Å²) in [6, 6.07) is 15.1. The first kappa shape index (κ1) is 14.5. The summed E-state index contributed by atoms with van der Waals surface area (Å²) in [5, 5.41) is 11.2. The van der Waals surface area contributed by atoms with Gasteiger partial charge in [0, 0.05) is 22.0 Å². The van der Waals surface area contributed by atoms with Gasteiger partial charge < -0.3 is 10.8 Å². The van der Waals surface area contributed by atoms with Crippen LogP contribution in [0.1, 0.15) is 23.1 Å². The van der Waals surface area contributed by atoms with Gasteiger partial charge in [0.2, 0.25) is 0 Å². The van der Waals surface area contributed by atoms with Crippen LogP contribution in [0.25, 0.3) is 0 Å². The minimum Gasteiger partial charge on any atom is -0.388 e. The first-order valence-corrected chi connectivity index (χ1v) is 7.18. The van der Waals surface area contributed by atoms with E-state index in [1.165, 1.54) is 0 Å². The van der Waals surface area contributed by atoms with Crippen LogP contribution in [-0.4, -0.2) is 11.7 Å². The smallest absolute Gasteiger partial charge is 0.0881 e. The number of aliphatic hydroxyl groups excluding tert-OH is 1. The first-order chi connectivity index (χ1) is 9.13. The molecular weight excluding hydrogens is 326 g/mol. The molecule has 2 nitrogen and oxygen atoms in total. The highest BCUT2D eigenvalue weighted by molar-refractivity contribution is 9.10. The van der Waals surface area contributed by atoms with Crippen molar-refractivity contribution in [2.45, 2.75) is 12.0 Å². The van der Waals surface area contributed by atoms with E-state index in [0.29, 0.717) is 11.6 Å². The SMILES string of the molecule is NCC(c1ccc(Cl)cc1)C(O)c1ccccc1Br. The quantitative estimate of drug-likeness (QED) is 0.887. The molecule has 0 spiro atoms. The predicted octanol–water partition coefficient (Wildman–Crippen LogP) is 3.88. The summed E-state index contributed by atoms with van der Waals surface area (Å²) in [5.41, 5.74) is 7.65. The number of aliphatic hydroxyl groups is 1. The Morgan fingerprint density at radius 1 is 1.11 bits per heavy atom. The molecule has 0 aliphatic carbocycles. The van der Waals surface area contributed by atoms with Gasteiger partial charge in [-0.3, -0.25) is 0 Å². The van der Waals surface area contributed by atoms with E-state index < -0.39 is 6.10 Å². The Kier molecular flexibility index (Phi) is 4.99. The van der Waals surface area contributed by atoms with Crippen LogP contribution >= 0.6 is 27.5 Å². The molecule has 2 aromatic rings. The molecule has 0 aliphatic heterocycles. The maximum absolute atomic E-state index is 10.5. The van der Waals surface area contributed by atoms with Crippen LogP contribution < -0.4 is 5.73 Å². The Hall–Kier alpha value is -0.870. The average molecular weight is 341 g/mol. The van der Waals surface area contributed by atoms with E-state index >= 15 is 0 Å². The van der Waals surface area contributed by atoms with Gasteiger partial charge in [-0.25, -0.2) is 0 Å². The van der Waals surface area contributed by atoms with Crippen LogP contribution in [-0.2, 0) is 0 Å². The Balaban J connectivity index is 2.32. The zero-order chi connectivity index (χ0) is 13.8. The lowest BCUT2D eigenvalue weighted by molar-refractivity contribution is 0.146. The zero-order valence-electron chi connectivity index (χ0n) is 10.3. The third-order valence-electron chi connectivity index (χ3n) is 3.16. The average Bonchev–Trinajstić information content (AvgIpc) is 2.42. The van der Waals surface area contributed by atoms with Crippen molar-refractivity contribution in [2.75, 3.05) is 6.54 Å². The lowest BCUT2D eigenvalue weighted by atomic mass is 9.89. The molecule has 100 valence electrons. The molecule has 2 aromatic carbocycles. The van der Waals surface area contributed by atoms with Crippen LogP contribution in [0.3, 0.4) is 0 Å². The van der Waals surface area contributed by atoms with Crippen molar-refractivity contribution >= 4 is 27.5 Å². The summed E-state index contributed by atoms with van der Waals surface area (Å²) < 4.78 is 0.884. The molecule has 2 atom stereocenters. The third kappa shape index (κ3) is 3.37. The van der Waals surface area contributed by atoms with E-state index in [-0.39, 0.29) is 5.92 Å². The number of rotatable bonds is 4. The highest BCUT2D eigenvalue weighted by Crippen LogP contribution is 2.34. The van der Waals surface area contributed by atoms with E-state index in [1.807, 2.05) is 48.5 Å². The molecule has 0 bridgehead atoms. The van der Waals surface area contributed by atoms with Crippen LogP contribution in [0.5, 0.6) is 0 Å².